The fourth-order valence-electron chi connectivity index (χ4n) is 2.04. The number of halogens is 1. The van der Waals surface area contributed by atoms with Crippen LogP contribution < -0.4 is 5.73 Å². The standard InChI is InChI=1S/C16H13ClN4S/c17-14-9-15(18)21-16(20-14)22-10-13-12(7-4-8-19-13)11-5-2-1-3-6-11/h1-9H,10H2,(H2,18,20,21). The van der Waals surface area contributed by atoms with Crippen LogP contribution in [0.25, 0.3) is 11.1 Å². The maximum atomic E-state index is 5.90. The normalized spacial score (nSPS) is 10.6. The van der Waals surface area contributed by atoms with Crippen LogP contribution in [0, 0.1) is 0 Å². The molecule has 0 spiro atoms. The molecule has 0 aliphatic carbocycles. The molecule has 2 aromatic heterocycles. The molecule has 0 saturated heterocycles. The average Bonchev–Trinajstić information content (AvgIpc) is 2.53. The van der Waals surface area contributed by atoms with Crippen LogP contribution in [-0.4, -0.2) is 15.0 Å². The highest BCUT2D eigenvalue weighted by Crippen LogP contribution is 2.27. The first-order valence-corrected chi connectivity index (χ1v) is 8.01. The molecular weight excluding hydrogens is 316 g/mol. The van der Waals surface area contributed by atoms with E-state index in [-0.39, 0.29) is 0 Å². The first-order chi connectivity index (χ1) is 10.7. The lowest BCUT2D eigenvalue weighted by atomic mass is 10.1. The Hall–Kier alpha value is -2.11. The fraction of sp³-hybridized carbons (Fsp3) is 0.0625. The van der Waals surface area contributed by atoms with Crippen molar-refractivity contribution >= 4 is 29.2 Å². The van der Waals surface area contributed by atoms with E-state index in [9.17, 15) is 0 Å². The predicted octanol–water partition coefficient (Wildman–Crippen LogP) is 4.07. The molecular formula is C16H13ClN4S. The molecule has 2 N–H and O–H groups in total. The van der Waals surface area contributed by atoms with Gasteiger partial charge in [0, 0.05) is 23.6 Å². The number of pyridine rings is 1. The van der Waals surface area contributed by atoms with Crippen LogP contribution in [0.3, 0.4) is 0 Å². The van der Waals surface area contributed by atoms with E-state index in [1.807, 2.05) is 24.3 Å². The summed E-state index contributed by atoms with van der Waals surface area (Å²) in [6.45, 7) is 0. The van der Waals surface area contributed by atoms with Crippen molar-refractivity contribution in [2.75, 3.05) is 5.73 Å². The Labute approximate surface area is 137 Å². The maximum Gasteiger partial charge on any atom is 0.191 e. The van der Waals surface area contributed by atoms with Crippen molar-refractivity contribution in [3.05, 3.63) is 65.6 Å². The van der Waals surface area contributed by atoms with Gasteiger partial charge in [0.25, 0.3) is 0 Å². The number of aromatic nitrogens is 3. The maximum absolute atomic E-state index is 5.90. The van der Waals surface area contributed by atoms with E-state index in [0.717, 1.165) is 16.8 Å². The minimum absolute atomic E-state index is 0.347. The van der Waals surface area contributed by atoms with Crippen LogP contribution in [0.1, 0.15) is 5.69 Å². The Balaban J connectivity index is 1.84. The van der Waals surface area contributed by atoms with E-state index in [2.05, 4.69) is 33.2 Å². The summed E-state index contributed by atoms with van der Waals surface area (Å²) in [5, 5.41) is 0.897. The van der Waals surface area contributed by atoms with Crippen LogP contribution >= 0.6 is 23.4 Å². The molecule has 110 valence electrons. The zero-order chi connectivity index (χ0) is 15.4. The summed E-state index contributed by atoms with van der Waals surface area (Å²) in [5.74, 6) is 1.01. The Morgan fingerprint density at radius 3 is 2.64 bits per heavy atom. The van der Waals surface area contributed by atoms with E-state index in [0.29, 0.717) is 21.9 Å². The molecule has 3 aromatic rings. The summed E-state index contributed by atoms with van der Waals surface area (Å²) < 4.78 is 0. The van der Waals surface area contributed by atoms with Crippen LogP contribution in [0.15, 0.2) is 59.9 Å². The highest BCUT2D eigenvalue weighted by Gasteiger charge is 2.08. The molecule has 0 fully saturated rings. The topological polar surface area (TPSA) is 64.7 Å². The van der Waals surface area contributed by atoms with Crippen molar-refractivity contribution in [3.8, 4) is 11.1 Å². The van der Waals surface area contributed by atoms with Crippen molar-refractivity contribution in [2.24, 2.45) is 0 Å². The van der Waals surface area contributed by atoms with Crippen LogP contribution in [0.5, 0.6) is 0 Å². The van der Waals surface area contributed by atoms with Crippen LogP contribution in [0.4, 0.5) is 5.82 Å². The third-order valence-corrected chi connectivity index (χ3v) is 4.06. The molecule has 0 radical (unpaired) electrons. The van der Waals surface area contributed by atoms with Gasteiger partial charge in [-0.25, -0.2) is 9.97 Å². The highest BCUT2D eigenvalue weighted by molar-refractivity contribution is 7.98. The van der Waals surface area contributed by atoms with E-state index in [1.165, 1.54) is 17.8 Å². The zero-order valence-corrected chi connectivity index (χ0v) is 13.2. The summed E-state index contributed by atoms with van der Waals surface area (Å²) in [6.07, 6.45) is 1.79. The minimum Gasteiger partial charge on any atom is -0.384 e. The lowest BCUT2D eigenvalue weighted by molar-refractivity contribution is 0.974. The number of hydrogen-bond acceptors (Lipinski definition) is 5. The number of rotatable bonds is 4. The van der Waals surface area contributed by atoms with E-state index < -0.39 is 0 Å². The highest BCUT2D eigenvalue weighted by atomic mass is 35.5. The van der Waals surface area contributed by atoms with Crippen molar-refractivity contribution in [1.29, 1.82) is 0 Å². The van der Waals surface area contributed by atoms with Crippen molar-refractivity contribution in [2.45, 2.75) is 10.9 Å². The number of hydrogen-bond donors (Lipinski definition) is 1. The second-order valence-corrected chi connectivity index (χ2v) is 5.88. The molecule has 2 heterocycles. The lowest BCUT2D eigenvalue weighted by Crippen LogP contribution is -1.96. The fourth-order valence-corrected chi connectivity index (χ4v) is 3.12. The molecule has 0 unspecified atom stereocenters. The van der Waals surface area contributed by atoms with Crippen molar-refractivity contribution in [3.63, 3.8) is 0 Å². The molecule has 4 nitrogen and oxygen atoms in total. The molecule has 1 aromatic carbocycles. The third-order valence-electron chi connectivity index (χ3n) is 3.01. The number of thioether (sulfide) groups is 1. The summed E-state index contributed by atoms with van der Waals surface area (Å²) >= 11 is 7.36. The van der Waals surface area contributed by atoms with Gasteiger partial charge in [0.2, 0.25) is 0 Å². The van der Waals surface area contributed by atoms with Crippen LogP contribution in [0.2, 0.25) is 5.15 Å². The van der Waals surface area contributed by atoms with Gasteiger partial charge in [0.15, 0.2) is 5.16 Å². The van der Waals surface area contributed by atoms with E-state index in [4.69, 9.17) is 17.3 Å². The summed E-state index contributed by atoms with van der Waals surface area (Å²) in [5.41, 5.74) is 8.90. The van der Waals surface area contributed by atoms with Gasteiger partial charge < -0.3 is 5.73 Å². The Morgan fingerprint density at radius 1 is 1.05 bits per heavy atom. The smallest absolute Gasteiger partial charge is 0.191 e. The number of benzene rings is 1. The van der Waals surface area contributed by atoms with Gasteiger partial charge in [-0.05, 0) is 11.6 Å². The van der Waals surface area contributed by atoms with E-state index in [1.54, 1.807) is 6.20 Å². The first kappa shape index (κ1) is 14.8. The second kappa shape index (κ2) is 6.77. The molecule has 0 aliphatic heterocycles. The number of nitrogens with zero attached hydrogens (tertiary/aromatic N) is 3. The van der Waals surface area contributed by atoms with Crippen LogP contribution in [-0.2, 0) is 5.75 Å². The van der Waals surface area contributed by atoms with Gasteiger partial charge in [-0.2, -0.15) is 0 Å². The molecule has 22 heavy (non-hydrogen) atoms. The average molecular weight is 329 g/mol. The molecule has 6 heteroatoms. The van der Waals surface area contributed by atoms with Gasteiger partial charge in [-0.1, -0.05) is 59.8 Å². The third kappa shape index (κ3) is 3.55. The zero-order valence-electron chi connectivity index (χ0n) is 11.6. The second-order valence-electron chi connectivity index (χ2n) is 4.55. The van der Waals surface area contributed by atoms with Gasteiger partial charge >= 0.3 is 0 Å². The Kier molecular flexibility index (Phi) is 4.56. The molecule has 0 bridgehead atoms. The quantitative estimate of drug-likeness (QED) is 0.444. The first-order valence-electron chi connectivity index (χ1n) is 6.64. The molecule has 0 saturated carbocycles. The number of anilines is 1. The van der Waals surface area contributed by atoms with Gasteiger partial charge in [-0.15, -0.1) is 0 Å². The minimum atomic E-state index is 0.347. The van der Waals surface area contributed by atoms with Gasteiger partial charge in [0.1, 0.15) is 11.0 Å². The molecule has 0 amide bonds. The summed E-state index contributed by atoms with van der Waals surface area (Å²) in [4.78, 5) is 12.8. The summed E-state index contributed by atoms with van der Waals surface area (Å²) in [6, 6.07) is 15.7. The van der Waals surface area contributed by atoms with Crippen molar-refractivity contribution < 1.29 is 0 Å². The SMILES string of the molecule is Nc1cc(Cl)nc(SCc2ncccc2-c2ccccc2)n1. The molecule has 0 atom stereocenters. The Bertz CT molecular complexity index is 760. The lowest BCUT2D eigenvalue weighted by Gasteiger charge is -2.08. The Morgan fingerprint density at radius 2 is 1.86 bits per heavy atom. The van der Waals surface area contributed by atoms with Crippen molar-refractivity contribution in [1.82, 2.24) is 15.0 Å². The van der Waals surface area contributed by atoms with Gasteiger partial charge in [-0.3, -0.25) is 4.98 Å². The molecule has 0 aliphatic rings. The number of nitrogen functional groups attached to an aromatic ring is 1. The van der Waals surface area contributed by atoms with Gasteiger partial charge in [0.05, 0.1) is 5.69 Å². The van der Waals surface area contributed by atoms with E-state index >= 15 is 0 Å². The summed E-state index contributed by atoms with van der Waals surface area (Å²) in [7, 11) is 0. The number of nitrogens with two attached hydrogens (primary N) is 1. The predicted molar refractivity (Wildman–Crippen MR) is 90.7 cm³/mol. The molecule has 3 rings (SSSR count). The largest absolute Gasteiger partial charge is 0.384 e. The monoisotopic (exact) mass is 328 g/mol.